The first-order chi connectivity index (χ1) is 14.2. The van der Waals surface area contributed by atoms with Crippen molar-refractivity contribution >= 4 is 47.6 Å². The SMILES string of the molecule is CN=C(NCCCNC(=O)c1occc1C)N1CCC(CSc2ccccc2)C1.I. The summed E-state index contributed by atoms with van der Waals surface area (Å²) in [6, 6.07) is 12.4. The predicted molar refractivity (Wildman–Crippen MR) is 134 cm³/mol. The molecule has 1 amide bonds. The van der Waals surface area contributed by atoms with Crippen LogP contribution in [0.4, 0.5) is 0 Å². The largest absolute Gasteiger partial charge is 0.459 e. The molecule has 0 radical (unpaired) electrons. The van der Waals surface area contributed by atoms with Crippen molar-refractivity contribution in [2.75, 3.05) is 39.0 Å². The minimum absolute atomic E-state index is 0. The third-order valence-corrected chi connectivity index (χ3v) is 6.26. The fourth-order valence-electron chi connectivity index (χ4n) is 3.40. The minimum atomic E-state index is -0.157. The van der Waals surface area contributed by atoms with Gasteiger partial charge in [0, 0.05) is 49.4 Å². The van der Waals surface area contributed by atoms with E-state index in [-0.39, 0.29) is 29.9 Å². The highest BCUT2D eigenvalue weighted by Gasteiger charge is 2.24. The van der Waals surface area contributed by atoms with E-state index >= 15 is 0 Å². The number of furan rings is 1. The monoisotopic (exact) mass is 542 g/mol. The van der Waals surface area contributed by atoms with Crippen molar-refractivity contribution in [1.82, 2.24) is 15.5 Å². The number of aryl methyl sites for hydroxylation is 1. The van der Waals surface area contributed by atoms with Crippen LogP contribution < -0.4 is 10.6 Å². The van der Waals surface area contributed by atoms with Crippen LogP contribution in [0, 0.1) is 12.8 Å². The second kappa shape index (κ2) is 12.9. The molecule has 1 aromatic heterocycles. The number of likely N-dealkylation sites (tertiary alicyclic amines) is 1. The quantitative estimate of drug-likeness (QED) is 0.174. The van der Waals surface area contributed by atoms with E-state index in [2.05, 4.69) is 50.9 Å². The summed E-state index contributed by atoms with van der Waals surface area (Å²) in [5, 5.41) is 6.32. The van der Waals surface area contributed by atoms with Crippen molar-refractivity contribution in [2.24, 2.45) is 10.9 Å². The lowest BCUT2D eigenvalue weighted by atomic mass is 10.2. The van der Waals surface area contributed by atoms with Gasteiger partial charge in [-0.1, -0.05) is 18.2 Å². The van der Waals surface area contributed by atoms with Gasteiger partial charge in [0.1, 0.15) is 0 Å². The summed E-state index contributed by atoms with van der Waals surface area (Å²) in [5.41, 5.74) is 0.857. The molecule has 1 aromatic carbocycles. The topological polar surface area (TPSA) is 69.9 Å². The third-order valence-electron chi connectivity index (χ3n) is 5.02. The van der Waals surface area contributed by atoms with Gasteiger partial charge in [0.25, 0.3) is 5.91 Å². The van der Waals surface area contributed by atoms with Gasteiger partial charge in [0.15, 0.2) is 11.7 Å². The molecule has 2 N–H and O–H groups in total. The van der Waals surface area contributed by atoms with E-state index in [4.69, 9.17) is 4.42 Å². The van der Waals surface area contributed by atoms with Gasteiger partial charge < -0.3 is 20.0 Å². The van der Waals surface area contributed by atoms with Gasteiger partial charge in [0.2, 0.25) is 0 Å². The zero-order valence-electron chi connectivity index (χ0n) is 17.6. The van der Waals surface area contributed by atoms with E-state index in [1.54, 1.807) is 6.07 Å². The number of thioether (sulfide) groups is 1. The lowest BCUT2D eigenvalue weighted by Crippen LogP contribution is -2.41. The molecule has 164 valence electrons. The Morgan fingerprint density at radius 3 is 2.70 bits per heavy atom. The third kappa shape index (κ3) is 7.23. The average Bonchev–Trinajstić information content (AvgIpc) is 3.39. The Balaban J connectivity index is 0.00000320. The molecule has 1 aliphatic heterocycles. The molecule has 2 heterocycles. The highest BCUT2D eigenvalue weighted by atomic mass is 127. The second-order valence-corrected chi connectivity index (χ2v) is 8.33. The van der Waals surface area contributed by atoms with Crippen LogP contribution in [-0.2, 0) is 0 Å². The van der Waals surface area contributed by atoms with Crippen molar-refractivity contribution in [3.63, 3.8) is 0 Å². The summed E-state index contributed by atoms with van der Waals surface area (Å²) in [4.78, 5) is 20.1. The van der Waals surface area contributed by atoms with Gasteiger partial charge in [-0.3, -0.25) is 9.79 Å². The Labute approximate surface area is 200 Å². The molecule has 30 heavy (non-hydrogen) atoms. The maximum atomic E-state index is 12.0. The number of hydrogen-bond donors (Lipinski definition) is 2. The Hall–Kier alpha value is -1.68. The van der Waals surface area contributed by atoms with E-state index in [1.165, 1.54) is 17.6 Å². The first kappa shape index (κ1) is 24.6. The van der Waals surface area contributed by atoms with Crippen LogP contribution >= 0.6 is 35.7 Å². The Morgan fingerprint density at radius 1 is 1.23 bits per heavy atom. The number of rotatable bonds is 8. The van der Waals surface area contributed by atoms with Crippen molar-refractivity contribution in [2.45, 2.75) is 24.7 Å². The average molecular weight is 542 g/mol. The molecule has 3 rings (SSSR count). The number of carbonyl (C=O) groups excluding carboxylic acids is 1. The first-order valence-corrected chi connectivity index (χ1v) is 11.1. The number of carbonyl (C=O) groups is 1. The second-order valence-electron chi connectivity index (χ2n) is 7.24. The Morgan fingerprint density at radius 2 is 2.00 bits per heavy atom. The van der Waals surface area contributed by atoms with E-state index in [9.17, 15) is 4.79 Å². The fraction of sp³-hybridized carbons (Fsp3) is 0.455. The molecule has 1 aliphatic rings. The molecule has 1 saturated heterocycles. The molecule has 1 unspecified atom stereocenters. The van der Waals surface area contributed by atoms with Gasteiger partial charge in [0.05, 0.1) is 6.26 Å². The van der Waals surface area contributed by atoms with E-state index in [0.717, 1.165) is 43.3 Å². The highest BCUT2D eigenvalue weighted by molar-refractivity contribution is 14.0. The molecule has 1 fully saturated rings. The number of benzene rings is 1. The number of nitrogens with one attached hydrogen (secondary N) is 2. The summed E-state index contributed by atoms with van der Waals surface area (Å²) in [6.45, 7) is 5.30. The smallest absolute Gasteiger partial charge is 0.287 e. The van der Waals surface area contributed by atoms with Crippen LogP contribution in [-0.4, -0.2) is 55.7 Å². The molecule has 0 aliphatic carbocycles. The number of aliphatic imine (C=N–C) groups is 1. The summed E-state index contributed by atoms with van der Waals surface area (Å²) in [7, 11) is 1.83. The molecule has 6 nitrogen and oxygen atoms in total. The first-order valence-electron chi connectivity index (χ1n) is 10.1. The van der Waals surface area contributed by atoms with Crippen molar-refractivity contribution in [3.8, 4) is 0 Å². The molecule has 2 aromatic rings. The van der Waals surface area contributed by atoms with Crippen LogP contribution in [0.5, 0.6) is 0 Å². The van der Waals surface area contributed by atoms with Gasteiger partial charge >= 0.3 is 0 Å². The van der Waals surface area contributed by atoms with E-state index in [0.29, 0.717) is 18.2 Å². The Kier molecular flexibility index (Phi) is 10.6. The van der Waals surface area contributed by atoms with E-state index < -0.39 is 0 Å². The summed E-state index contributed by atoms with van der Waals surface area (Å²) in [6.07, 6.45) is 3.56. The van der Waals surface area contributed by atoms with Gasteiger partial charge in [-0.15, -0.1) is 35.7 Å². The molecule has 0 bridgehead atoms. The molecular formula is C22H31IN4O2S. The summed E-state index contributed by atoms with van der Waals surface area (Å²) in [5.74, 6) is 3.00. The zero-order valence-corrected chi connectivity index (χ0v) is 20.7. The maximum absolute atomic E-state index is 12.0. The van der Waals surface area contributed by atoms with Crippen LogP contribution in [0.2, 0.25) is 0 Å². The van der Waals surface area contributed by atoms with E-state index in [1.807, 2.05) is 25.7 Å². The van der Waals surface area contributed by atoms with Crippen LogP contribution in [0.1, 0.15) is 29.0 Å². The number of hydrogen-bond acceptors (Lipinski definition) is 4. The van der Waals surface area contributed by atoms with Crippen molar-refractivity contribution < 1.29 is 9.21 Å². The fourth-order valence-corrected chi connectivity index (χ4v) is 4.45. The molecule has 1 atom stereocenters. The van der Waals surface area contributed by atoms with Gasteiger partial charge in [-0.25, -0.2) is 0 Å². The van der Waals surface area contributed by atoms with Crippen molar-refractivity contribution in [1.29, 1.82) is 0 Å². The standard InChI is InChI=1S/C22H30N4O2S.HI/c1-17-10-14-28-20(17)21(27)24-11-6-12-25-22(23-2)26-13-9-18(15-26)16-29-19-7-4-3-5-8-19;/h3-5,7-8,10,14,18H,6,9,11-13,15-16H2,1-2H3,(H,23,25)(H,24,27);1H. The predicted octanol–water partition coefficient (Wildman–Crippen LogP) is 4.02. The number of guanidine groups is 1. The van der Waals surface area contributed by atoms with Gasteiger partial charge in [-0.2, -0.15) is 0 Å². The van der Waals surface area contributed by atoms with Crippen LogP contribution in [0.3, 0.4) is 0 Å². The maximum Gasteiger partial charge on any atom is 0.287 e. The normalized spacial score (nSPS) is 16.3. The highest BCUT2D eigenvalue weighted by Crippen LogP contribution is 2.25. The number of halogens is 1. The number of nitrogens with zero attached hydrogens (tertiary/aromatic N) is 2. The van der Waals surface area contributed by atoms with Crippen LogP contribution in [0.15, 0.2) is 57.0 Å². The number of amides is 1. The molecule has 0 saturated carbocycles. The van der Waals surface area contributed by atoms with Crippen molar-refractivity contribution in [3.05, 3.63) is 54.0 Å². The zero-order chi connectivity index (χ0) is 20.5. The lowest BCUT2D eigenvalue weighted by Gasteiger charge is -2.21. The molecular weight excluding hydrogens is 511 g/mol. The Bertz CT molecular complexity index is 812. The van der Waals surface area contributed by atoms with Gasteiger partial charge in [-0.05, 0) is 43.9 Å². The minimum Gasteiger partial charge on any atom is -0.459 e. The molecule has 8 heteroatoms. The summed E-state index contributed by atoms with van der Waals surface area (Å²) >= 11 is 1.93. The molecule has 0 spiro atoms. The lowest BCUT2D eigenvalue weighted by molar-refractivity contribution is 0.0925. The van der Waals surface area contributed by atoms with Crippen LogP contribution in [0.25, 0.3) is 0 Å². The summed E-state index contributed by atoms with van der Waals surface area (Å²) < 4.78 is 5.21.